The summed E-state index contributed by atoms with van der Waals surface area (Å²) in [7, 11) is 0. The number of amides is 1. The first kappa shape index (κ1) is 33.4. The van der Waals surface area contributed by atoms with Crippen molar-refractivity contribution in [3.8, 4) is 11.6 Å². The average molecular weight is 637 g/mol. The summed E-state index contributed by atoms with van der Waals surface area (Å²) in [5.74, 6) is 0.597. The van der Waals surface area contributed by atoms with E-state index in [-0.39, 0.29) is 29.4 Å². The number of rotatable bonds is 8. The minimum Gasteiger partial charge on any atom is -0.437 e. The second-order valence-corrected chi connectivity index (χ2v) is 12.9. The van der Waals surface area contributed by atoms with E-state index in [0.717, 1.165) is 50.5 Å². The fraction of sp³-hybridized carbons (Fsp3) is 0.500. The lowest BCUT2D eigenvalue weighted by Gasteiger charge is -2.18. The normalized spacial score (nSPS) is 21.9. The number of Topliss-reactive ketones (excluding diaryl/α,β-unsaturated/α-hetero) is 1. The van der Waals surface area contributed by atoms with Crippen LogP contribution in [-0.2, 0) is 12.6 Å². The highest BCUT2D eigenvalue weighted by atomic mass is 19.4. The highest BCUT2D eigenvalue weighted by Gasteiger charge is 2.37. The molecule has 1 fully saturated rings. The lowest BCUT2D eigenvalue weighted by atomic mass is 9.88. The third-order valence-corrected chi connectivity index (χ3v) is 9.78. The van der Waals surface area contributed by atoms with Crippen molar-refractivity contribution in [2.75, 3.05) is 5.32 Å². The number of benzene rings is 2. The summed E-state index contributed by atoms with van der Waals surface area (Å²) in [5.41, 5.74) is 1.67. The van der Waals surface area contributed by atoms with Crippen molar-refractivity contribution in [2.24, 2.45) is 17.8 Å². The number of nitrogens with zero attached hydrogens (tertiary/aromatic N) is 2. The fourth-order valence-electron chi connectivity index (χ4n) is 6.80. The molecule has 0 aliphatic heterocycles. The summed E-state index contributed by atoms with van der Waals surface area (Å²) in [6.07, 6.45) is 3.74. The first-order valence-corrected chi connectivity index (χ1v) is 16.4. The van der Waals surface area contributed by atoms with Crippen LogP contribution < -0.4 is 15.4 Å². The quantitative estimate of drug-likeness (QED) is 0.189. The van der Waals surface area contributed by atoms with E-state index in [0.29, 0.717) is 59.2 Å². The summed E-state index contributed by atoms with van der Waals surface area (Å²) in [5, 5.41) is 6.17. The Bertz CT molecular complexity index is 1570. The van der Waals surface area contributed by atoms with Gasteiger partial charge in [0, 0.05) is 29.9 Å². The van der Waals surface area contributed by atoms with Gasteiger partial charge < -0.3 is 15.4 Å². The number of hydrogen-bond donors (Lipinski definition) is 2. The van der Waals surface area contributed by atoms with Crippen LogP contribution in [0, 0.1) is 24.7 Å². The number of nitrogens with one attached hydrogen (secondary N) is 2. The van der Waals surface area contributed by atoms with Crippen LogP contribution in [-0.4, -0.2) is 27.7 Å². The smallest absolute Gasteiger partial charge is 0.423 e. The third-order valence-electron chi connectivity index (χ3n) is 9.78. The summed E-state index contributed by atoms with van der Waals surface area (Å²) in [6, 6.07) is 10.3. The molecule has 10 heteroatoms. The van der Waals surface area contributed by atoms with E-state index in [1.807, 2.05) is 6.07 Å². The number of ketones is 1. The molecule has 246 valence electrons. The molecule has 1 aromatic heterocycles. The lowest BCUT2D eigenvalue weighted by molar-refractivity contribution is -0.139. The first-order valence-electron chi connectivity index (χ1n) is 16.4. The van der Waals surface area contributed by atoms with Crippen LogP contribution in [0.1, 0.15) is 110 Å². The van der Waals surface area contributed by atoms with Gasteiger partial charge in [-0.2, -0.15) is 18.2 Å². The fourth-order valence-corrected chi connectivity index (χ4v) is 6.80. The number of fused-ring (bicyclic) bond motifs is 1. The Morgan fingerprint density at radius 1 is 1.04 bits per heavy atom. The van der Waals surface area contributed by atoms with Gasteiger partial charge in [-0.1, -0.05) is 45.7 Å². The van der Waals surface area contributed by atoms with Crippen LogP contribution in [0.4, 0.5) is 24.8 Å². The molecule has 1 amide bonds. The molecule has 4 unspecified atom stereocenters. The number of aromatic nitrogens is 2. The van der Waals surface area contributed by atoms with E-state index in [2.05, 4.69) is 41.4 Å². The molecule has 2 aliphatic rings. The van der Waals surface area contributed by atoms with Gasteiger partial charge in [-0.15, -0.1) is 0 Å². The Labute approximate surface area is 268 Å². The summed E-state index contributed by atoms with van der Waals surface area (Å²) >= 11 is 0. The largest absolute Gasteiger partial charge is 0.437 e. The maximum atomic E-state index is 14.0. The number of halogens is 3. The zero-order valence-corrected chi connectivity index (χ0v) is 27.0. The Morgan fingerprint density at radius 2 is 1.83 bits per heavy atom. The monoisotopic (exact) mass is 636 g/mol. The standard InChI is InChI=1S/C36H43F3N4O3/c1-5-23-11-17-30(44)32-25(19-23)8-7-9-31(32)46-34-28(36(37,38)39)20-40-35(43-34)42-29-16-13-26(18-22(29)4)33(45)41-27-14-10-21(3)24(6-2)12-15-27/h7-9,13,16,18,20-21,23-24,27H,5-6,10-12,14-15,17,19H2,1-4H3,(H,41,45)(H,40,42,43). The van der Waals surface area contributed by atoms with Crippen molar-refractivity contribution < 1.29 is 27.5 Å². The van der Waals surface area contributed by atoms with Crippen LogP contribution in [0.15, 0.2) is 42.6 Å². The maximum absolute atomic E-state index is 14.0. The van der Waals surface area contributed by atoms with Crippen LogP contribution in [0.25, 0.3) is 0 Å². The molecule has 4 atom stereocenters. The SMILES string of the molecule is CCC1CCC(=O)c2c(cccc2Oc2nc(Nc3ccc(C(=O)NC4CCC(C)C(CC)CC4)cc3C)ncc2C(F)(F)F)C1. The third kappa shape index (κ3) is 7.70. The van der Waals surface area contributed by atoms with E-state index < -0.39 is 17.6 Å². The molecule has 0 saturated heterocycles. The van der Waals surface area contributed by atoms with Crippen LogP contribution in [0.2, 0.25) is 0 Å². The molecule has 2 N–H and O–H groups in total. The van der Waals surface area contributed by atoms with Crippen molar-refractivity contribution in [3.05, 3.63) is 70.4 Å². The van der Waals surface area contributed by atoms with Gasteiger partial charge in [-0.3, -0.25) is 9.59 Å². The van der Waals surface area contributed by atoms with Crippen LogP contribution >= 0.6 is 0 Å². The van der Waals surface area contributed by atoms with Crippen LogP contribution in [0.5, 0.6) is 11.6 Å². The van der Waals surface area contributed by atoms with Crippen molar-refractivity contribution >= 4 is 23.3 Å². The van der Waals surface area contributed by atoms with Crippen molar-refractivity contribution in [1.82, 2.24) is 15.3 Å². The Hall–Kier alpha value is -3.95. The Kier molecular flexibility index (Phi) is 10.3. The van der Waals surface area contributed by atoms with Gasteiger partial charge in [-0.05, 0) is 98.6 Å². The topological polar surface area (TPSA) is 93.2 Å². The molecule has 46 heavy (non-hydrogen) atoms. The zero-order valence-electron chi connectivity index (χ0n) is 27.0. The van der Waals surface area contributed by atoms with Gasteiger partial charge in [0.05, 0.1) is 5.56 Å². The molecule has 3 aromatic rings. The van der Waals surface area contributed by atoms with Gasteiger partial charge in [-0.25, -0.2) is 4.98 Å². The lowest BCUT2D eigenvalue weighted by Crippen LogP contribution is -2.34. The average Bonchev–Trinajstić information content (AvgIpc) is 3.30. The Balaban J connectivity index is 1.35. The molecule has 0 spiro atoms. The maximum Gasteiger partial charge on any atom is 0.423 e. The second kappa shape index (κ2) is 14.2. The van der Waals surface area contributed by atoms with Gasteiger partial charge in [0.2, 0.25) is 11.8 Å². The number of alkyl halides is 3. The number of carbonyl (C=O) groups excluding carboxylic acids is 2. The van der Waals surface area contributed by atoms with Gasteiger partial charge in [0.25, 0.3) is 5.91 Å². The number of carbonyl (C=O) groups is 2. The Morgan fingerprint density at radius 3 is 2.54 bits per heavy atom. The van der Waals surface area contributed by atoms with E-state index in [1.165, 1.54) is 6.07 Å². The number of aryl methyl sites for hydroxylation is 1. The summed E-state index contributed by atoms with van der Waals surface area (Å²) < 4.78 is 47.9. The minimum absolute atomic E-state index is 0.0503. The molecular formula is C36H43F3N4O3. The minimum atomic E-state index is -4.78. The van der Waals surface area contributed by atoms with E-state index in [9.17, 15) is 22.8 Å². The number of hydrogen-bond acceptors (Lipinski definition) is 6. The molecular weight excluding hydrogens is 593 g/mol. The second-order valence-electron chi connectivity index (χ2n) is 12.9. The number of anilines is 2. The summed E-state index contributed by atoms with van der Waals surface area (Å²) in [6.45, 7) is 8.38. The molecule has 1 saturated carbocycles. The van der Waals surface area contributed by atoms with Crippen molar-refractivity contribution in [1.29, 1.82) is 0 Å². The molecule has 7 nitrogen and oxygen atoms in total. The highest BCUT2D eigenvalue weighted by Crippen LogP contribution is 2.40. The number of ether oxygens (including phenoxy) is 1. The first-order chi connectivity index (χ1) is 22.0. The van der Waals surface area contributed by atoms with Crippen LogP contribution in [0.3, 0.4) is 0 Å². The predicted octanol–water partition coefficient (Wildman–Crippen LogP) is 9.22. The van der Waals surface area contributed by atoms with E-state index in [1.54, 1.807) is 31.2 Å². The molecule has 1 heterocycles. The van der Waals surface area contributed by atoms with Crippen molar-refractivity contribution in [2.45, 2.75) is 97.7 Å². The molecule has 0 bridgehead atoms. The summed E-state index contributed by atoms with van der Waals surface area (Å²) in [4.78, 5) is 34.2. The highest BCUT2D eigenvalue weighted by molar-refractivity contribution is 6.00. The molecule has 0 radical (unpaired) electrons. The predicted molar refractivity (Wildman–Crippen MR) is 172 cm³/mol. The zero-order chi connectivity index (χ0) is 33.0. The van der Waals surface area contributed by atoms with Gasteiger partial charge in [0.1, 0.15) is 11.3 Å². The molecule has 5 rings (SSSR count). The molecule has 2 aromatic carbocycles. The van der Waals surface area contributed by atoms with Crippen molar-refractivity contribution in [3.63, 3.8) is 0 Å². The van der Waals surface area contributed by atoms with Gasteiger partial charge >= 0.3 is 6.18 Å². The van der Waals surface area contributed by atoms with E-state index in [4.69, 9.17) is 4.74 Å². The van der Waals surface area contributed by atoms with E-state index >= 15 is 0 Å². The van der Waals surface area contributed by atoms with Gasteiger partial charge in [0.15, 0.2) is 5.78 Å². The molecule has 2 aliphatic carbocycles.